The molecule has 0 atom stereocenters. The monoisotopic (exact) mass is 394 g/mol. The molecule has 5 nitrogen and oxygen atoms in total. The summed E-state index contributed by atoms with van der Waals surface area (Å²) in [6.07, 6.45) is -0.842. The number of hydrogen-bond donors (Lipinski definition) is 1. The number of benzene rings is 2. The zero-order chi connectivity index (χ0) is 19.3. The van der Waals surface area contributed by atoms with E-state index in [1.165, 1.54) is 12.1 Å². The molecule has 0 aliphatic heterocycles. The van der Waals surface area contributed by atoms with Crippen molar-refractivity contribution in [3.63, 3.8) is 0 Å². The summed E-state index contributed by atoms with van der Waals surface area (Å²) in [6, 6.07) is 15.3. The molecule has 5 aromatic rings. The van der Waals surface area contributed by atoms with Gasteiger partial charge in [0.25, 0.3) is 6.43 Å². The largest absolute Gasteiger partial charge is 0.312 e. The molecule has 0 aliphatic rings. The van der Waals surface area contributed by atoms with Crippen molar-refractivity contribution in [2.24, 2.45) is 0 Å². The summed E-state index contributed by atoms with van der Waals surface area (Å²) in [5, 5.41) is 0. The molecule has 0 radical (unpaired) electrons. The molecular formula is C20H12F2N4OS. The van der Waals surface area contributed by atoms with Gasteiger partial charge in [0, 0.05) is 17.3 Å². The summed E-state index contributed by atoms with van der Waals surface area (Å²) in [5.41, 5.74) is 3.55. The normalized spacial score (nSPS) is 11.7. The summed E-state index contributed by atoms with van der Waals surface area (Å²) in [5.74, 6) is 0.594. The highest BCUT2D eigenvalue weighted by Gasteiger charge is 2.16. The highest BCUT2D eigenvalue weighted by atomic mass is 32.1. The summed E-state index contributed by atoms with van der Waals surface area (Å²) >= 11 is 1.13. The molecule has 5 rings (SSSR count). The number of halogens is 2. The van der Waals surface area contributed by atoms with Crippen LogP contribution in [0.2, 0.25) is 0 Å². The van der Waals surface area contributed by atoms with Gasteiger partial charge >= 0.3 is 4.87 Å². The Morgan fingerprint density at radius 1 is 1.07 bits per heavy atom. The van der Waals surface area contributed by atoms with Crippen LogP contribution in [0.15, 0.2) is 65.6 Å². The maximum Gasteiger partial charge on any atom is 0.305 e. The minimum absolute atomic E-state index is 0.0388. The van der Waals surface area contributed by atoms with Gasteiger partial charge in [-0.1, -0.05) is 35.6 Å². The van der Waals surface area contributed by atoms with Crippen LogP contribution in [0, 0.1) is 0 Å². The number of hydrogen-bond acceptors (Lipinski definition) is 4. The van der Waals surface area contributed by atoms with Crippen LogP contribution in [0.4, 0.5) is 8.78 Å². The highest BCUT2D eigenvalue weighted by molar-refractivity contribution is 7.16. The van der Waals surface area contributed by atoms with E-state index in [4.69, 9.17) is 0 Å². The number of rotatable bonds is 3. The molecule has 0 amide bonds. The van der Waals surface area contributed by atoms with Gasteiger partial charge in [-0.25, -0.2) is 18.7 Å². The fourth-order valence-corrected chi connectivity index (χ4v) is 3.97. The van der Waals surface area contributed by atoms with Crippen molar-refractivity contribution in [3.05, 3.63) is 76.0 Å². The lowest BCUT2D eigenvalue weighted by Crippen LogP contribution is -1.98. The molecule has 1 N–H and O–H groups in total. The van der Waals surface area contributed by atoms with Gasteiger partial charge in [0.05, 0.1) is 15.9 Å². The molecule has 0 bridgehead atoms. The molecule has 0 saturated carbocycles. The molecule has 0 spiro atoms. The predicted octanol–water partition coefficient (Wildman–Crippen LogP) is 4.93. The third-order valence-corrected chi connectivity index (χ3v) is 5.34. The Bertz CT molecular complexity index is 1370. The maximum absolute atomic E-state index is 12.9. The first-order chi connectivity index (χ1) is 13.6. The Morgan fingerprint density at radius 2 is 1.89 bits per heavy atom. The molecule has 0 aliphatic carbocycles. The van der Waals surface area contributed by atoms with Crippen molar-refractivity contribution in [1.82, 2.24) is 19.5 Å². The number of thiazole rings is 1. The number of aromatic nitrogens is 4. The van der Waals surface area contributed by atoms with Gasteiger partial charge in [-0.15, -0.1) is 0 Å². The number of nitrogens with zero attached hydrogens (tertiary/aromatic N) is 3. The van der Waals surface area contributed by atoms with Crippen molar-refractivity contribution in [2.75, 3.05) is 0 Å². The van der Waals surface area contributed by atoms with Crippen molar-refractivity contribution in [2.45, 2.75) is 6.43 Å². The van der Waals surface area contributed by atoms with E-state index < -0.39 is 6.43 Å². The lowest BCUT2D eigenvalue weighted by molar-refractivity contribution is 0.151. The second kappa shape index (κ2) is 6.35. The lowest BCUT2D eigenvalue weighted by atomic mass is 10.1. The quantitative estimate of drug-likeness (QED) is 0.472. The summed E-state index contributed by atoms with van der Waals surface area (Å²) in [6.45, 7) is 0. The average Bonchev–Trinajstić information content (AvgIpc) is 3.26. The van der Waals surface area contributed by atoms with E-state index in [2.05, 4.69) is 15.0 Å². The summed E-state index contributed by atoms with van der Waals surface area (Å²) in [7, 11) is 0. The fraction of sp³-hybridized carbons (Fsp3) is 0.0500. The molecule has 0 unspecified atom stereocenters. The van der Waals surface area contributed by atoms with Crippen molar-refractivity contribution in [3.8, 4) is 17.1 Å². The number of nitrogens with one attached hydrogen (secondary N) is 1. The van der Waals surface area contributed by atoms with E-state index in [9.17, 15) is 13.6 Å². The molecule has 8 heteroatoms. The molecule has 3 aromatic heterocycles. The minimum atomic E-state index is -2.52. The third kappa shape index (κ3) is 2.69. The van der Waals surface area contributed by atoms with Crippen LogP contribution in [0.1, 0.15) is 12.0 Å². The molecule has 2 aromatic carbocycles. The molecule has 3 heterocycles. The van der Waals surface area contributed by atoms with Gasteiger partial charge in [-0.3, -0.25) is 9.36 Å². The smallest absolute Gasteiger partial charge is 0.305 e. The van der Waals surface area contributed by atoms with Crippen LogP contribution in [0.5, 0.6) is 0 Å². The number of fused-ring (bicyclic) bond motifs is 2. The van der Waals surface area contributed by atoms with Crippen molar-refractivity contribution in [1.29, 1.82) is 0 Å². The second-order valence-corrected chi connectivity index (χ2v) is 7.25. The van der Waals surface area contributed by atoms with Gasteiger partial charge in [0.1, 0.15) is 11.3 Å². The predicted molar refractivity (Wildman–Crippen MR) is 105 cm³/mol. The van der Waals surface area contributed by atoms with Gasteiger partial charge in [0.15, 0.2) is 5.65 Å². The third-order valence-electron chi connectivity index (χ3n) is 4.50. The highest BCUT2D eigenvalue weighted by Crippen LogP contribution is 2.30. The average molecular weight is 394 g/mol. The first kappa shape index (κ1) is 16.8. The number of alkyl halides is 2. The standard InChI is InChI=1S/C20H12F2N4OS/c21-17(22)11-3-5-12(6-4-11)18-24-15-2-1-9-23-19(15)26(18)13-7-8-14-16(10-13)28-20(27)25-14/h1-10,17H,(H,25,27). The van der Waals surface area contributed by atoms with E-state index in [1.54, 1.807) is 24.4 Å². The van der Waals surface area contributed by atoms with Gasteiger partial charge in [-0.2, -0.15) is 0 Å². The van der Waals surface area contributed by atoms with Crippen LogP contribution in [0.25, 0.3) is 38.5 Å². The van der Waals surface area contributed by atoms with Crippen molar-refractivity contribution >= 4 is 32.7 Å². The zero-order valence-corrected chi connectivity index (χ0v) is 15.1. The topological polar surface area (TPSA) is 63.6 Å². The molecule has 28 heavy (non-hydrogen) atoms. The van der Waals surface area contributed by atoms with E-state index in [1.807, 2.05) is 28.8 Å². The number of pyridine rings is 1. The molecule has 0 fully saturated rings. The molecular weight excluding hydrogens is 382 g/mol. The van der Waals surface area contributed by atoms with E-state index in [0.29, 0.717) is 22.6 Å². The lowest BCUT2D eigenvalue weighted by Gasteiger charge is -2.09. The Kier molecular flexibility index (Phi) is 3.80. The second-order valence-electron chi connectivity index (χ2n) is 6.23. The molecule has 138 valence electrons. The maximum atomic E-state index is 12.9. The van der Waals surface area contributed by atoms with E-state index in [-0.39, 0.29) is 10.4 Å². The summed E-state index contributed by atoms with van der Waals surface area (Å²) < 4.78 is 28.5. The first-order valence-electron chi connectivity index (χ1n) is 8.45. The fourth-order valence-electron chi connectivity index (χ4n) is 3.20. The van der Waals surface area contributed by atoms with E-state index >= 15 is 0 Å². The number of aromatic amines is 1. The number of imidazole rings is 1. The molecule has 0 saturated heterocycles. The SMILES string of the molecule is O=c1[nH]c2ccc(-n3c(-c4ccc(C(F)F)cc4)nc4cccnc43)cc2s1. The van der Waals surface area contributed by atoms with Crippen LogP contribution < -0.4 is 4.87 Å². The van der Waals surface area contributed by atoms with Gasteiger partial charge < -0.3 is 4.98 Å². The van der Waals surface area contributed by atoms with Gasteiger partial charge in [-0.05, 0) is 30.3 Å². The van der Waals surface area contributed by atoms with Crippen LogP contribution >= 0.6 is 11.3 Å². The van der Waals surface area contributed by atoms with E-state index in [0.717, 1.165) is 27.2 Å². The Hall–Kier alpha value is -3.39. The summed E-state index contributed by atoms with van der Waals surface area (Å²) in [4.78, 5) is 23.4. The Labute approximate surface area is 160 Å². The zero-order valence-electron chi connectivity index (χ0n) is 14.3. The Morgan fingerprint density at radius 3 is 2.68 bits per heavy atom. The van der Waals surface area contributed by atoms with Crippen LogP contribution in [0.3, 0.4) is 0 Å². The minimum Gasteiger partial charge on any atom is -0.312 e. The number of H-pyrrole nitrogens is 1. The van der Waals surface area contributed by atoms with Gasteiger partial charge in [0.2, 0.25) is 0 Å². The van der Waals surface area contributed by atoms with Crippen molar-refractivity contribution < 1.29 is 8.78 Å². The Balaban J connectivity index is 1.76. The first-order valence-corrected chi connectivity index (χ1v) is 9.27. The van der Waals surface area contributed by atoms with Crippen LogP contribution in [-0.2, 0) is 0 Å². The van der Waals surface area contributed by atoms with Crippen LogP contribution in [-0.4, -0.2) is 19.5 Å².